The van der Waals surface area contributed by atoms with Crippen LogP contribution in [0, 0.1) is 0 Å². The summed E-state index contributed by atoms with van der Waals surface area (Å²) < 4.78 is 214. The van der Waals surface area contributed by atoms with Crippen molar-refractivity contribution in [3.05, 3.63) is 0 Å². The number of alkyl halides is 12. The van der Waals surface area contributed by atoms with Gasteiger partial charge in [0.2, 0.25) is 0 Å². The molecule has 27 heavy (non-hydrogen) atoms. The van der Waals surface area contributed by atoms with E-state index in [2.05, 4.69) is 12.6 Å². The first-order valence-electron chi connectivity index (χ1n) is 5.66. The molecule has 0 nitrogen and oxygen atoms in total. The highest BCUT2D eigenvalue weighted by atomic mass is 32.5. The Morgan fingerprint density at radius 1 is 0.519 bits per heavy atom. The average molecular weight is 488 g/mol. The SMILES string of the molecule is FC(F)(CCS)C(F)(F)C(F)(F)C(F)(F)C(F)(F)C(F)(F)S(F)(F)(F)(F)F. The third-order valence-electron chi connectivity index (χ3n) is 2.92. The summed E-state index contributed by atoms with van der Waals surface area (Å²) in [5, 5.41) is -9.28. The van der Waals surface area contributed by atoms with Crippen molar-refractivity contribution in [3.63, 3.8) is 0 Å². The van der Waals surface area contributed by atoms with Gasteiger partial charge in [0.05, 0.1) is 0 Å². The van der Waals surface area contributed by atoms with Crippen LogP contribution in [0.1, 0.15) is 6.42 Å². The largest absolute Gasteiger partial charge is 0.450 e. The predicted molar refractivity (Wildman–Crippen MR) is 61.3 cm³/mol. The van der Waals surface area contributed by atoms with Gasteiger partial charge in [-0.2, -0.15) is 65.3 Å². The van der Waals surface area contributed by atoms with Gasteiger partial charge in [0.15, 0.2) is 0 Å². The van der Waals surface area contributed by atoms with Crippen molar-refractivity contribution >= 4 is 22.9 Å². The lowest BCUT2D eigenvalue weighted by atomic mass is 9.93. The molecule has 168 valence electrons. The molecule has 0 aromatic carbocycles. The molecule has 0 saturated carbocycles. The maximum absolute atomic E-state index is 13.1. The Morgan fingerprint density at radius 2 is 0.815 bits per heavy atom. The van der Waals surface area contributed by atoms with Crippen LogP contribution in [0.3, 0.4) is 0 Å². The molecule has 0 aromatic heterocycles. The number of hydrogen-bond acceptors (Lipinski definition) is 1. The van der Waals surface area contributed by atoms with Crippen LogP contribution < -0.4 is 0 Å². The lowest BCUT2D eigenvalue weighted by molar-refractivity contribution is -0.418. The van der Waals surface area contributed by atoms with Crippen LogP contribution in [-0.4, -0.2) is 40.6 Å². The number of thiol groups is 1. The molecule has 0 N–H and O–H groups in total. The van der Waals surface area contributed by atoms with E-state index in [4.69, 9.17) is 0 Å². The Labute approximate surface area is 143 Å². The molecule has 0 aliphatic rings. The van der Waals surface area contributed by atoms with E-state index in [1.54, 1.807) is 0 Å². The summed E-state index contributed by atoms with van der Waals surface area (Å²) in [5.74, 6) is -41.6. The lowest BCUT2D eigenvalue weighted by Crippen LogP contribution is -2.71. The average Bonchev–Trinajstić information content (AvgIpc) is 2.34. The van der Waals surface area contributed by atoms with Gasteiger partial charge in [-0.3, -0.25) is 0 Å². The first kappa shape index (κ1) is 26.5. The standard InChI is InChI=1S/C8H5F17S2/c9-3(10,1-2-26)4(11,12)5(13,14)6(15,16)7(17,18)8(19,20)27(21,22,23,24)25/h26H,1-2H2. The maximum Gasteiger partial charge on any atom is 0.450 e. The van der Waals surface area contributed by atoms with E-state index in [1.165, 1.54) is 0 Å². The van der Waals surface area contributed by atoms with Gasteiger partial charge < -0.3 is 0 Å². The summed E-state index contributed by atoms with van der Waals surface area (Å²) in [7, 11) is -13.1. The Hall–Kier alpha value is -0.490. The minimum atomic E-state index is -13.1. The molecule has 0 aromatic rings. The molecule has 0 atom stereocenters. The maximum atomic E-state index is 13.0. The van der Waals surface area contributed by atoms with Crippen molar-refractivity contribution in [1.82, 2.24) is 0 Å². The Balaban J connectivity index is 6.73. The molecule has 0 radical (unpaired) electrons. The summed E-state index contributed by atoms with van der Waals surface area (Å²) in [6.45, 7) is 0. The van der Waals surface area contributed by atoms with Crippen molar-refractivity contribution in [1.29, 1.82) is 0 Å². The van der Waals surface area contributed by atoms with E-state index in [9.17, 15) is 72.1 Å². The monoisotopic (exact) mass is 488 g/mol. The molecule has 0 bridgehead atoms. The third kappa shape index (κ3) is 3.50. The highest BCUT2D eigenvalue weighted by molar-refractivity contribution is 8.46. The van der Waals surface area contributed by atoms with Gasteiger partial charge in [0.25, 0.3) is 0 Å². The molecule has 0 rings (SSSR count). The van der Waals surface area contributed by atoms with E-state index < -0.39 is 57.3 Å². The molecule has 0 aliphatic carbocycles. The van der Waals surface area contributed by atoms with Crippen LogP contribution in [0.5, 0.6) is 0 Å². The van der Waals surface area contributed by atoms with Gasteiger partial charge in [0.1, 0.15) is 0 Å². The predicted octanol–water partition coefficient (Wildman–Crippen LogP) is 7.37. The van der Waals surface area contributed by atoms with Crippen LogP contribution in [-0.2, 0) is 0 Å². The fraction of sp³-hybridized carbons (Fsp3) is 1.00. The first-order chi connectivity index (χ1) is 11.1. The van der Waals surface area contributed by atoms with E-state index in [-0.39, 0.29) is 0 Å². The second-order valence-corrected chi connectivity index (χ2v) is 7.86. The zero-order valence-corrected chi connectivity index (χ0v) is 13.4. The molecular weight excluding hydrogens is 483 g/mol. The van der Waals surface area contributed by atoms with E-state index in [0.717, 1.165) is 0 Å². The van der Waals surface area contributed by atoms with Crippen LogP contribution in [0.4, 0.5) is 72.1 Å². The fourth-order valence-corrected chi connectivity index (χ4v) is 2.24. The summed E-state index contributed by atoms with van der Waals surface area (Å²) in [5.41, 5.74) is 0. The van der Waals surface area contributed by atoms with E-state index >= 15 is 0 Å². The number of rotatable bonds is 8. The van der Waals surface area contributed by atoms with Crippen LogP contribution in [0.15, 0.2) is 0 Å². The summed E-state index contributed by atoms with van der Waals surface area (Å²) >= 11 is 2.82. The van der Waals surface area contributed by atoms with Crippen molar-refractivity contribution in [2.45, 2.75) is 41.3 Å². The highest BCUT2D eigenvalue weighted by Crippen LogP contribution is 3.06. The van der Waals surface area contributed by atoms with Gasteiger partial charge in [-0.25, -0.2) is 0 Å². The molecule has 0 fully saturated rings. The summed E-state index contributed by atoms with van der Waals surface area (Å²) in [4.78, 5) is 0. The molecule has 19 heteroatoms. The zero-order chi connectivity index (χ0) is 22.8. The smallest absolute Gasteiger partial charge is 0.200 e. The molecule has 0 saturated heterocycles. The van der Waals surface area contributed by atoms with Crippen LogP contribution in [0.2, 0.25) is 0 Å². The molecule has 0 amide bonds. The van der Waals surface area contributed by atoms with Gasteiger partial charge in [-0.15, -0.1) is 0 Å². The molecule has 0 aliphatic heterocycles. The van der Waals surface area contributed by atoms with Gasteiger partial charge in [-0.1, -0.05) is 19.4 Å². The van der Waals surface area contributed by atoms with Crippen molar-refractivity contribution in [2.75, 3.05) is 5.75 Å². The zero-order valence-electron chi connectivity index (χ0n) is 11.7. The first-order valence-corrected chi connectivity index (χ1v) is 8.25. The quantitative estimate of drug-likeness (QED) is 0.268. The third-order valence-corrected chi connectivity index (χ3v) is 4.37. The van der Waals surface area contributed by atoms with Gasteiger partial charge in [-0.05, 0) is 5.75 Å². The summed E-state index contributed by atoms with van der Waals surface area (Å²) in [6.07, 6.45) is -2.56. The topological polar surface area (TPSA) is 0 Å². The second-order valence-electron chi connectivity index (χ2n) is 4.96. The van der Waals surface area contributed by atoms with Crippen molar-refractivity contribution in [2.24, 2.45) is 0 Å². The Morgan fingerprint density at radius 3 is 1.07 bits per heavy atom. The molecule has 0 unspecified atom stereocenters. The van der Waals surface area contributed by atoms with Crippen molar-refractivity contribution < 1.29 is 72.1 Å². The van der Waals surface area contributed by atoms with Gasteiger partial charge in [0, 0.05) is 6.42 Å². The number of halogens is 17. The lowest BCUT2D eigenvalue weighted by Gasteiger charge is -2.50. The second kappa shape index (κ2) is 5.56. The van der Waals surface area contributed by atoms with Crippen molar-refractivity contribution in [3.8, 4) is 0 Å². The minimum absolute atomic E-state index is 1.50. The molecule has 0 spiro atoms. The Kier molecular flexibility index (Phi) is 5.46. The highest BCUT2D eigenvalue weighted by Gasteiger charge is 3.00. The summed E-state index contributed by atoms with van der Waals surface area (Å²) in [6, 6.07) is 0. The normalized spacial score (nSPS) is 18.9. The van der Waals surface area contributed by atoms with Gasteiger partial charge >= 0.3 is 45.1 Å². The van der Waals surface area contributed by atoms with E-state index in [0.29, 0.717) is 0 Å². The molecular formula is C8H5F17S2. The molecule has 0 heterocycles. The Bertz CT molecular complexity index is 571. The van der Waals surface area contributed by atoms with E-state index in [1.807, 2.05) is 0 Å². The minimum Gasteiger partial charge on any atom is -0.200 e. The number of hydrogen-bond donors (Lipinski definition) is 1. The van der Waals surface area contributed by atoms with Crippen LogP contribution in [0.25, 0.3) is 0 Å². The fourth-order valence-electron chi connectivity index (χ4n) is 1.35. The van der Waals surface area contributed by atoms with Crippen LogP contribution >= 0.6 is 22.9 Å².